The molecule has 3 N–H and O–H groups in total. The molecule has 8 nitrogen and oxygen atoms in total. The minimum atomic E-state index is -1.07. The summed E-state index contributed by atoms with van der Waals surface area (Å²) in [5.74, 6) is -1.19. The van der Waals surface area contributed by atoms with E-state index in [-0.39, 0.29) is 17.7 Å². The lowest BCUT2D eigenvalue weighted by molar-refractivity contribution is -0.129. The number of carbonyl (C=O) groups is 4. The Hall–Kier alpha value is -2.55. The third-order valence-electron chi connectivity index (χ3n) is 3.82. The van der Waals surface area contributed by atoms with E-state index in [9.17, 15) is 19.2 Å². The monoisotopic (exact) mass is 393 g/mol. The lowest BCUT2D eigenvalue weighted by atomic mass is 10.1. The maximum Gasteiger partial charge on any atom is 0.340 e. The fraction of sp³-hybridized carbons (Fsp3) is 0.444. The topological polar surface area (TPSA) is 114 Å². The van der Waals surface area contributed by atoms with Crippen LogP contribution in [0.2, 0.25) is 0 Å². The number of imide groups is 1. The highest BCUT2D eigenvalue weighted by atomic mass is 32.2. The number of nitrogens with one attached hydrogen (secondary N) is 3. The highest BCUT2D eigenvalue weighted by molar-refractivity contribution is 7.99. The zero-order chi connectivity index (χ0) is 20.2. The SMILES string of the molecule is CC(C)NC(=O)[C@@H](C)OC(=O)c1ccccc1SC[C@]1(C)NC(=O)NC1=O. The Morgan fingerprint density at radius 2 is 1.89 bits per heavy atom. The molecule has 4 amide bonds. The molecule has 9 heteroatoms. The number of amides is 4. The average Bonchev–Trinajstić information content (AvgIpc) is 2.85. The van der Waals surface area contributed by atoms with Gasteiger partial charge in [-0.25, -0.2) is 9.59 Å². The summed E-state index contributed by atoms with van der Waals surface area (Å²) in [6.45, 7) is 6.75. The third kappa shape index (κ3) is 5.22. The van der Waals surface area contributed by atoms with Crippen LogP contribution in [-0.4, -0.2) is 47.3 Å². The molecule has 1 saturated heterocycles. The van der Waals surface area contributed by atoms with E-state index in [0.717, 1.165) is 0 Å². The maximum absolute atomic E-state index is 12.5. The summed E-state index contributed by atoms with van der Waals surface area (Å²) in [7, 11) is 0. The molecule has 1 heterocycles. The van der Waals surface area contributed by atoms with Gasteiger partial charge in [0.15, 0.2) is 6.10 Å². The first kappa shape index (κ1) is 20.8. The van der Waals surface area contributed by atoms with E-state index in [1.807, 2.05) is 13.8 Å². The highest BCUT2D eigenvalue weighted by Gasteiger charge is 2.42. The van der Waals surface area contributed by atoms with Gasteiger partial charge in [0.2, 0.25) is 0 Å². The van der Waals surface area contributed by atoms with Crippen molar-refractivity contribution in [3.8, 4) is 0 Å². The molecule has 1 fully saturated rings. The molecule has 1 aromatic rings. The van der Waals surface area contributed by atoms with E-state index >= 15 is 0 Å². The Morgan fingerprint density at radius 3 is 2.48 bits per heavy atom. The second kappa shape index (κ2) is 8.43. The quantitative estimate of drug-likeness (QED) is 0.367. The number of rotatable bonds is 7. The molecule has 0 spiro atoms. The van der Waals surface area contributed by atoms with E-state index < -0.39 is 29.6 Å². The van der Waals surface area contributed by atoms with Crippen molar-refractivity contribution < 1.29 is 23.9 Å². The van der Waals surface area contributed by atoms with Crippen LogP contribution < -0.4 is 16.0 Å². The van der Waals surface area contributed by atoms with Crippen LogP contribution in [0.15, 0.2) is 29.2 Å². The third-order valence-corrected chi connectivity index (χ3v) is 5.21. The number of urea groups is 1. The van der Waals surface area contributed by atoms with Gasteiger partial charge in [0.1, 0.15) is 5.54 Å². The molecule has 0 unspecified atom stereocenters. The van der Waals surface area contributed by atoms with Gasteiger partial charge in [-0.3, -0.25) is 14.9 Å². The lowest BCUT2D eigenvalue weighted by Crippen LogP contribution is -2.46. The predicted molar refractivity (Wildman–Crippen MR) is 100 cm³/mol. The van der Waals surface area contributed by atoms with Gasteiger partial charge < -0.3 is 15.4 Å². The van der Waals surface area contributed by atoms with Gasteiger partial charge in [0.05, 0.1) is 5.56 Å². The van der Waals surface area contributed by atoms with Crippen molar-refractivity contribution in [3.63, 3.8) is 0 Å². The molecule has 0 radical (unpaired) electrons. The first-order valence-electron chi connectivity index (χ1n) is 8.49. The first-order valence-corrected chi connectivity index (χ1v) is 9.48. The molecule has 0 aliphatic carbocycles. The smallest absolute Gasteiger partial charge is 0.340 e. The van der Waals surface area contributed by atoms with Crippen molar-refractivity contribution in [1.82, 2.24) is 16.0 Å². The first-order chi connectivity index (χ1) is 12.6. The molecule has 2 rings (SSSR count). The van der Waals surface area contributed by atoms with E-state index in [4.69, 9.17) is 4.74 Å². The van der Waals surface area contributed by atoms with Crippen molar-refractivity contribution in [3.05, 3.63) is 29.8 Å². The summed E-state index contributed by atoms with van der Waals surface area (Å²) in [5.41, 5.74) is -0.775. The van der Waals surface area contributed by atoms with Crippen molar-refractivity contribution >= 4 is 35.6 Å². The number of thioether (sulfide) groups is 1. The number of esters is 1. The van der Waals surface area contributed by atoms with Gasteiger partial charge in [-0.2, -0.15) is 0 Å². The molecule has 0 bridgehead atoms. The van der Waals surface area contributed by atoms with Gasteiger partial charge in [-0.05, 0) is 39.8 Å². The van der Waals surface area contributed by atoms with E-state index in [2.05, 4.69) is 16.0 Å². The molecule has 27 heavy (non-hydrogen) atoms. The number of ether oxygens (including phenoxy) is 1. The van der Waals surface area contributed by atoms with Crippen LogP contribution in [0, 0.1) is 0 Å². The van der Waals surface area contributed by atoms with Crippen LogP contribution in [0.1, 0.15) is 38.1 Å². The number of carbonyl (C=O) groups excluding carboxylic acids is 4. The Morgan fingerprint density at radius 1 is 1.22 bits per heavy atom. The normalized spacial score (nSPS) is 20.0. The van der Waals surface area contributed by atoms with Crippen LogP contribution >= 0.6 is 11.8 Å². The van der Waals surface area contributed by atoms with E-state index in [0.29, 0.717) is 10.5 Å². The molecule has 146 valence electrons. The van der Waals surface area contributed by atoms with Crippen molar-refractivity contribution in [2.45, 2.75) is 50.3 Å². The molecule has 0 aromatic heterocycles. The lowest BCUT2D eigenvalue weighted by Gasteiger charge is -2.20. The maximum atomic E-state index is 12.5. The zero-order valence-corrected chi connectivity index (χ0v) is 16.4. The summed E-state index contributed by atoms with van der Waals surface area (Å²) in [4.78, 5) is 48.3. The van der Waals surface area contributed by atoms with E-state index in [1.165, 1.54) is 18.7 Å². The fourth-order valence-electron chi connectivity index (χ4n) is 2.34. The summed E-state index contributed by atoms with van der Waals surface area (Å²) in [5, 5.41) is 7.46. The highest BCUT2D eigenvalue weighted by Crippen LogP contribution is 2.28. The van der Waals surface area contributed by atoms with Crippen molar-refractivity contribution in [1.29, 1.82) is 0 Å². The number of hydrogen-bond acceptors (Lipinski definition) is 6. The van der Waals surface area contributed by atoms with Crippen LogP contribution in [0.3, 0.4) is 0 Å². The van der Waals surface area contributed by atoms with Crippen LogP contribution in [-0.2, 0) is 14.3 Å². The van der Waals surface area contributed by atoms with Crippen molar-refractivity contribution in [2.75, 3.05) is 5.75 Å². The minimum Gasteiger partial charge on any atom is -0.449 e. The fourth-order valence-corrected chi connectivity index (χ4v) is 3.47. The van der Waals surface area contributed by atoms with Crippen molar-refractivity contribution in [2.24, 2.45) is 0 Å². The summed E-state index contributed by atoms with van der Waals surface area (Å²) in [6, 6.07) is 6.15. The minimum absolute atomic E-state index is 0.0602. The van der Waals surface area contributed by atoms with Crippen LogP contribution in [0.5, 0.6) is 0 Å². The van der Waals surface area contributed by atoms with Gasteiger partial charge in [-0.15, -0.1) is 11.8 Å². The zero-order valence-electron chi connectivity index (χ0n) is 15.6. The summed E-state index contributed by atoms with van der Waals surface area (Å²) < 4.78 is 5.26. The van der Waals surface area contributed by atoms with E-state index in [1.54, 1.807) is 31.2 Å². The molecular formula is C18H23N3O5S. The Bertz CT molecular complexity index is 767. The largest absolute Gasteiger partial charge is 0.449 e. The Kier molecular flexibility index (Phi) is 6.48. The second-order valence-corrected chi connectivity index (χ2v) is 7.75. The molecule has 0 saturated carbocycles. The van der Waals surface area contributed by atoms with Crippen LogP contribution in [0.4, 0.5) is 4.79 Å². The van der Waals surface area contributed by atoms with Gasteiger partial charge >= 0.3 is 12.0 Å². The average molecular weight is 393 g/mol. The van der Waals surface area contributed by atoms with Gasteiger partial charge in [-0.1, -0.05) is 12.1 Å². The van der Waals surface area contributed by atoms with Gasteiger partial charge in [0.25, 0.3) is 11.8 Å². The number of hydrogen-bond donors (Lipinski definition) is 3. The summed E-state index contributed by atoms with van der Waals surface area (Å²) in [6.07, 6.45) is -0.935. The second-order valence-electron chi connectivity index (χ2n) is 6.74. The molecule has 1 aliphatic rings. The number of benzene rings is 1. The molecule has 2 atom stereocenters. The summed E-state index contributed by atoms with van der Waals surface area (Å²) >= 11 is 1.25. The molecular weight excluding hydrogens is 370 g/mol. The molecule has 1 aromatic carbocycles. The Balaban J connectivity index is 2.06. The van der Waals surface area contributed by atoms with Gasteiger partial charge in [0, 0.05) is 16.7 Å². The standard InChI is InChI=1S/C18H23N3O5S/c1-10(2)19-14(22)11(3)26-15(23)12-7-5-6-8-13(12)27-9-18(4)16(24)20-17(25)21-18/h5-8,10-11H,9H2,1-4H3,(H,19,22)(H2,20,21,24,25)/t11-,18+/m1/s1. The Labute approximate surface area is 161 Å². The predicted octanol–water partition coefficient (Wildman–Crippen LogP) is 1.45. The molecule has 1 aliphatic heterocycles. The van der Waals surface area contributed by atoms with Crippen LogP contribution in [0.25, 0.3) is 0 Å².